The summed E-state index contributed by atoms with van der Waals surface area (Å²) in [7, 11) is 0. The summed E-state index contributed by atoms with van der Waals surface area (Å²) in [4.78, 5) is 13.2. The maximum absolute atomic E-state index is 13.2. The highest BCUT2D eigenvalue weighted by atomic mass is 16.7. The van der Waals surface area contributed by atoms with E-state index in [1.165, 1.54) is 327 Å². The average Bonchev–Trinajstić information content (AvgIpc) is 3.65. The van der Waals surface area contributed by atoms with E-state index in [1.807, 2.05) is 6.08 Å². The molecule has 1 aliphatic heterocycles. The lowest BCUT2D eigenvalue weighted by molar-refractivity contribution is -0.302. The molecule has 0 aromatic heterocycles. The quantitative estimate of drug-likeness (QED) is 0.0261. The zero-order valence-electron chi connectivity index (χ0n) is 57.1. The van der Waals surface area contributed by atoms with E-state index in [9.17, 15) is 30.3 Å². The summed E-state index contributed by atoms with van der Waals surface area (Å²) < 4.78 is 11.3. The molecular formula is C77H147NO8. The first-order chi connectivity index (χ1) is 42.3. The molecule has 0 saturated carbocycles. The number of allylic oxidation sites excluding steroid dienone is 5. The molecule has 7 atom stereocenters. The van der Waals surface area contributed by atoms with Gasteiger partial charge < -0.3 is 40.3 Å². The molecule has 0 aromatic rings. The SMILES string of the molecule is CCCCCCC/C=C\C/C=C\CCCCCCCCCCCCCCCCCCCCCCCCCC(=O)NC(COC1OC(CO)C(O)C(O)C1O)C(O)/C=C/CCCCCCCCCCCCCCCCCCCCCCCCCCCC. The fourth-order valence-electron chi connectivity index (χ4n) is 12.5. The maximum Gasteiger partial charge on any atom is 0.220 e. The van der Waals surface area contributed by atoms with Gasteiger partial charge in [0, 0.05) is 6.42 Å². The van der Waals surface area contributed by atoms with Crippen LogP contribution in [0.5, 0.6) is 0 Å². The summed E-state index contributed by atoms with van der Waals surface area (Å²) in [5, 5.41) is 54.9. The van der Waals surface area contributed by atoms with Gasteiger partial charge in [-0.3, -0.25) is 4.79 Å². The van der Waals surface area contributed by atoms with Crippen LogP contribution in [0.1, 0.15) is 393 Å². The number of carbonyl (C=O) groups excluding carboxylic acids is 1. The monoisotopic (exact) mass is 1210 g/mol. The van der Waals surface area contributed by atoms with Gasteiger partial charge in [0.05, 0.1) is 25.4 Å². The molecule has 0 radical (unpaired) electrons. The third-order valence-corrected chi connectivity index (χ3v) is 18.5. The van der Waals surface area contributed by atoms with Crippen LogP contribution in [-0.2, 0) is 14.3 Å². The van der Waals surface area contributed by atoms with Crippen LogP contribution < -0.4 is 5.32 Å². The highest BCUT2D eigenvalue weighted by Gasteiger charge is 2.44. The van der Waals surface area contributed by atoms with Crippen molar-refractivity contribution in [3.63, 3.8) is 0 Å². The van der Waals surface area contributed by atoms with Gasteiger partial charge in [-0.2, -0.15) is 0 Å². The number of hydrogen-bond acceptors (Lipinski definition) is 8. The number of hydrogen-bond donors (Lipinski definition) is 6. The third kappa shape index (κ3) is 54.2. The second-order valence-electron chi connectivity index (χ2n) is 26.8. The predicted octanol–water partition coefficient (Wildman–Crippen LogP) is 21.4. The van der Waals surface area contributed by atoms with Crippen LogP contribution in [-0.4, -0.2) is 87.5 Å². The van der Waals surface area contributed by atoms with Crippen LogP contribution in [0.2, 0.25) is 0 Å². The standard InChI is InChI=1S/C77H147NO8/c1-3-5-7-9-11-13-15-17-19-21-23-25-27-29-31-33-34-35-36-37-38-39-41-43-45-47-49-51-53-55-57-59-61-63-65-67-73(81)78-70(69-85-77-76(84)75(83)74(82)72(68-79)86-77)71(80)66-64-62-60-58-56-54-52-50-48-46-44-42-40-32-30-28-26-24-22-20-18-16-14-12-10-8-6-4-2/h15,17,21,23,64,66,70-72,74-77,79-80,82-84H,3-14,16,18-20,22,24-63,65,67-69H2,1-2H3,(H,78,81)/b17-15-,23-21-,66-64+. The van der Waals surface area contributed by atoms with Crippen LogP contribution in [0.3, 0.4) is 0 Å². The number of unbranched alkanes of at least 4 members (excludes halogenated alkanes) is 54. The van der Waals surface area contributed by atoms with Gasteiger partial charge in [-0.25, -0.2) is 0 Å². The molecule has 6 N–H and O–H groups in total. The Balaban J connectivity index is 2.08. The maximum atomic E-state index is 13.2. The molecular weight excluding hydrogens is 1070 g/mol. The Kier molecular flexibility index (Phi) is 63.6. The van der Waals surface area contributed by atoms with Crippen molar-refractivity contribution in [2.75, 3.05) is 13.2 Å². The minimum Gasteiger partial charge on any atom is -0.394 e. The number of aliphatic hydroxyl groups is 5. The molecule has 0 bridgehead atoms. The van der Waals surface area contributed by atoms with Gasteiger partial charge in [0.25, 0.3) is 0 Å². The van der Waals surface area contributed by atoms with Crippen molar-refractivity contribution >= 4 is 5.91 Å². The largest absolute Gasteiger partial charge is 0.394 e. The average molecular weight is 1220 g/mol. The number of rotatable bonds is 68. The van der Waals surface area contributed by atoms with Crippen molar-refractivity contribution in [2.24, 2.45) is 0 Å². The Morgan fingerprint density at radius 2 is 0.686 bits per heavy atom. The van der Waals surface area contributed by atoms with Crippen molar-refractivity contribution in [3.05, 3.63) is 36.5 Å². The fraction of sp³-hybridized carbons (Fsp3) is 0.909. The van der Waals surface area contributed by atoms with Gasteiger partial charge in [0.1, 0.15) is 24.4 Å². The Labute approximate surface area is 533 Å². The summed E-state index contributed by atoms with van der Waals surface area (Å²) >= 11 is 0. The number of carbonyl (C=O) groups is 1. The summed E-state index contributed by atoms with van der Waals surface area (Å²) in [6.45, 7) is 3.83. The molecule has 1 rings (SSSR count). The van der Waals surface area contributed by atoms with E-state index < -0.39 is 49.5 Å². The molecule has 86 heavy (non-hydrogen) atoms. The van der Waals surface area contributed by atoms with Gasteiger partial charge in [-0.1, -0.05) is 371 Å². The number of amides is 1. The minimum absolute atomic E-state index is 0.168. The topological polar surface area (TPSA) is 149 Å². The summed E-state index contributed by atoms with van der Waals surface area (Å²) in [6, 6.07) is -0.805. The molecule has 1 heterocycles. The van der Waals surface area contributed by atoms with Crippen LogP contribution >= 0.6 is 0 Å². The van der Waals surface area contributed by atoms with Crippen molar-refractivity contribution in [3.8, 4) is 0 Å². The molecule has 1 saturated heterocycles. The molecule has 1 aliphatic rings. The zero-order chi connectivity index (χ0) is 62.1. The summed E-state index contributed by atoms with van der Waals surface area (Å²) in [6.07, 6.45) is 82.8. The fourth-order valence-corrected chi connectivity index (χ4v) is 12.5. The number of aliphatic hydroxyl groups excluding tert-OH is 5. The molecule has 1 amide bonds. The number of ether oxygens (including phenoxy) is 2. The van der Waals surface area contributed by atoms with Gasteiger partial charge in [0.2, 0.25) is 5.91 Å². The second kappa shape index (κ2) is 66.3. The molecule has 9 heteroatoms. The minimum atomic E-state index is -1.57. The Morgan fingerprint density at radius 1 is 0.395 bits per heavy atom. The summed E-state index contributed by atoms with van der Waals surface area (Å²) in [5.41, 5.74) is 0. The zero-order valence-corrected chi connectivity index (χ0v) is 57.1. The normalized spacial score (nSPS) is 18.2. The highest BCUT2D eigenvalue weighted by Crippen LogP contribution is 2.24. The van der Waals surface area contributed by atoms with E-state index in [1.54, 1.807) is 6.08 Å². The van der Waals surface area contributed by atoms with Crippen molar-refractivity contribution in [1.82, 2.24) is 5.32 Å². The smallest absolute Gasteiger partial charge is 0.220 e. The first-order valence-corrected chi connectivity index (χ1v) is 38.2. The van der Waals surface area contributed by atoms with Crippen molar-refractivity contribution in [1.29, 1.82) is 0 Å². The molecule has 0 spiro atoms. The lowest BCUT2D eigenvalue weighted by atomic mass is 9.99. The van der Waals surface area contributed by atoms with Crippen molar-refractivity contribution < 1.29 is 39.8 Å². The lowest BCUT2D eigenvalue weighted by Crippen LogP contribution is -2.60. The predicted molar refractivity (Wildman–Crippen MR) is 369 cm³/mol. The van der Waals surface area contributed by atoms with Gasteiger partial charge in [-0.05, 0) is 51.4 Å². The van der Waals surface area contributed by atoms with Crippen LogP contribution in [0.25, 0.3) is 0 Å². The summed E-state index contributed by atoms with van der Waals surface area (Å²) in [5.74, 6) is -0.168. The van der Waals surface area contributed by atoms with E-state index in [0.29, 0.717) is 6.42 Å². The van der Waals surface area contributed by atoms with Crippen LogP contribution in [0.4, 0.5) is 0 Å². The molecule has 0 aliphatic carbocycles. The highest BCUT2D eigenvalue weighted by molar-refractivity contribution is 5.76. The van der Waals surface area contributed by atoms with Gasteiger partial charge in [0.15, 0.2) is 6.29 Å². The first kappa shape index (κ1) is 82.4. The lowest BCUT2D eigenvalue weighted by Gasteiger charge is -2.40. The van der Waals surface area contributed by atoms with E-state index in [-0.39, 0.29) is 12.5 Å². The molecule has 508 valence electrons. The van der Waals surface area contributed by atoms with E-state index in [2.05, 4.69) is 43.5 Å². The first-order valence-electron chi connectivity index (χ1n) is 38.2. The Hall–Kier alpha value is -1.59. The second-order valence-corrected chi connectivity index (χ2v) is 26.8. The van der Waals surface area contributed by atoms with Gasteiger partial charge in [-0.15, -0.1) is 0 Å². The Bertz CT molecular complexity index is 1450. The molecule has 0 aromatic carbocycles. The molecule has 9 nitrogen and oxygen atoms in total. The van der Waals surface area contributed by atoms with E-state index >= 15 is 0 Å². The number of nitrogens with one attached hydrogen (secondary N) is 1. The van der Waals surface area contributed by atoms with Crippen LogP contribution in [0, 0.1) is 0 Å². The van der Waals surface area contributed by atoms with E-state index in [0.717, 1.165) is 44.9 Å². The van der Waals surface area contributed by atoms with Gasteiger partial charge >= 0.3 is 0 Å². The van der Waals surface area contributed by atoms with Crippen molar-refractivity contribution in [2.45, 2.75) is 436 Å². The Morgan fingerprint density at radius 3 is 1.00 bits per heavy atom. The third-order valence-electron chi connectivity index (χ3n) is 18.5. The van der Waals surface area contributed by atoms with Crippen LogP contribution in [0.15, 0.2) is 36.5 Å². The molecule has 1 fully saturated rings. The van der Waals surface area contributed by atoms with E-state index in [4.69, 9.17) is 9.47 Å². The molecule has 7 unspecified atom stereocenters.